The summed E-state index contributed by atoms with van der Waals surface area (Å²) >= 11 is 4.07. The Morgan fingerprint density at radius 3 is 2.11 bits per heavy atom. The highest BCUT2D eigenvalue weighted by Gasteiger charge is 2.30. The largest absolute Gasteiger partial charge is 0.481 e. The second-order valence-electron chi connectivity index (χ2n) is 8.21. The van der Waals surface area contributed by atoms with E-state index in [4.69, 9.17) is 10.8 Å². The SMILES string of the molecule is NC(Cc1cnc[nH]1)C(=O)NC(CCC(=O)O)C(=O)NC(CS)C(=O)NC(Cc1ccccc1)C(=O)O. The number of carboxylic acid groups (broad SMARTS) is 2. The van der Waals surface area contributed by atoms with E-state index < -0.39 is 60.2 Å². The Morgan fingerprint density at radius 1 is 0.919 bits per heavy atom. The molecule has 1 aromatic heterocycles. The molecule has 0 aliphatic heterocycles. The van der Waals surface area contributed by atoms with E-state index in [1.807, 2.05) is 0 Å². The third-order valence-corrected chi connectivity index (χ3v) is 5.69. The minimum atomic E-state index is -1.31. The summed E-state index contributed by atoms with van der Waals surface area (Å²) in [5.41, 5.74) is 7.17. The molecule has 0 aliphatic carbocycles. The molecule has 1 aromatic carbocycles. The van der Waals surface area contributed by atoms with Crippen LogP contribution in [0.1, 0.15) is 24.1 Å². The molecule has 0 fully saturated rings. The zero-order chi connectivity index (χ0) is 27.4. The van der Waals surface area contributed by atoms with Crippen molar-refractivity contribution in [1.82, 2.24) is 25.9 Å². The number of nitrogens with zero attached hydrogens (tertiary/aromatic N) is 1. The van der Waals surface area contributed by atoms with Gasteiger partial charge in [-0.05, 0) is 12.0 Å². The van der Waals surface area contributed by atoms with Crippen LogP contribution in [-0.4, -0.2) is 79.8 Å². The summed E-state index contributed by atoms with van der Waals surface area (Å²) < 4.78 is 0. The van der Waals surface area contributed by atoms with Gasteiger partial charge < -0.3 is 36.9 Å². The van der Waals surface area contributed by atoms with Gasteiger partial charge in [-0.2, -0.15) is 12.6 Å². The summed E-state index contributed by atoms with van der Waals surface area (Å²) in [6.45, 7) is 0. The number of thiol groups is 1. The van der Waals surface area contributed by atoms with Gasteiger partial charge in [0.05, 0.1) is 12.4 Å². The number of nitrogens with one attached hydrogen (secondary N) is 4. The molecule has 37 heavy (non-hydrogen) atoms. The number of rotatable bonds is 15. The van der Waals surface area contributed by atoms with Crippen LogP contribution < -0.4 is 21.7 Å². The third kappa shape index (κ3) is 9.93. The molecular formula is C23H30N6O7S. The summed E-state index contributed by atoms with van der Waals surface area (Å²) in [7, 11) is 0. The number of aromatic amines is 1. The number of nitrogens with two attached hydrogens (primary N) is 1. The van der Waals surface area contributed by atoms with Crippen LogP contribution in [0, 0.1) is 0 Å². The number of carbonyl (C=O) groups is 5. The van der Waals surface area contributed by atoms with Gasteiger partial charge in [0, 0.05) is 36.9 Å². The molecule has 0 aliphatic rings. The van der Waals surface area contributed by atoms with E-state index >= 15 is 0 Å². The van der Waals surface area contributed by atoms with Crippen molar-refractivity contribution in [2.45, 2.75) is 49.9 Å². The van der Waals surface area contributed by atoms with Gasteiger partial charge in [-0.3, -0.25) is 19.2 Å². The third-order valence-electron chi connectivity index (χ3n) is 5.32. The molecule has 4 unspecified atom stereocenters. The molecule has 4 atom stereocenters. The topological polar surface area (TPSA) is 217 Å². The Labute approximate surface area is 218 Å². The lowest BCUT2D eigenvalue weighted by atomic mass is 10.1. The van der Waals surface area contributed by atoms with Crippen molar-refractivity contribution in [3.63, 3.8) is 0 Å². The average Bonchev–Trinajstić information content (AvgIpc) is 3.37. The first-order valence-corrected chi connectivity index (χ1v) is 12.0. The summed E-state index contributed by atoms with van der Waals surface area (Å²) in [5, 5.41) is 25.8. The highest BCUT2D eigenvalue weighted by molar-refractivity contribution is 7.80. The van der Waals surface area contributed by atoms with Crippen LogP contribution in [0.25, 0.3) is 0 Å². The number of hydrogen-bond acceptors (Lipinski definition) is 8. The van der Waals surface area contributed by atoms with Crippen LogP contribution in [-0.2, 0) is 36.8 Å². The Hall–Kier alpha value is -3.91. The number of carboxylic acids is 2. The van der Waals surface area contributed by atoms with Gasteiger partial charge in [-0.15, -0.1) is 0 Å². The molecule has 14 heteroatoms. The fourth-order valence-electron chi connectivity index (χ4n) is 3.33. The maximum atomic E-state index is 12.9. The maximum absolute atomic E-state index is 12.9. The molecule has 13 nitrogen and oxygen atoms in total. The monoisotopic (exact) mass is 534 g/mol. The van der Waals surface area contributed by atoms with Gasteiger partial charge >= 0.3 is 11.9 Å². The van der Waals surface area contributed by atoms with Crippen molar-refractivity contribution < 1.29 is 34.2 Å². The first-order chi connectivity index (χ1) is 17.6. The number of hydrogen-bond donors (Lipinski definition) is 8. The van der Waals surface area contributed by atoms with E-state index in [-0.39, 0.29) is 25.0 Å². The van der Waals surface area contributed by atoms with Gasteiger partial charge in [0.25, 0.3) is 0 Å². The van der Waals surface area contributed by atoms with Crippen LogP contribution >= 0.6 is 12.6 Å². The Bertz CT molecular complexity index is 1070. The first kappa shape index (κ1) is 29.3. The standard InChI is InChI=1S/C23H30N6O7S/c24-15(9-14-10-25-12-26-14)20(32)27-16(6-7-19(30)31)21(33)29-18(11-37)22(34)28-17(23(35)36)8-13-4-2-1-3-5-13/h1-5,10,12,15-18,37H,6-9,11,24H2,(H,25,26)(H,27,32)(H,28,34)(H,29,33)(H,30,31)(H,35,36). The summed E-state index contributed by atoms with van der Waals surface area (Å²) in [6, 6.07) is 3.78. The van der Waals surface area contributed by atoms with Crippen molar-refractivity contribution in [3.05, 3.63) is 54.1 Å². The van der Waals surface area contributed by atoms with Gasteiger partial charge in [0.1, 0.15) is 18.1 Å². The van der Waals surface area contributed by atoms with E-state index in [1.54, 1.807) is 30.3 Å². The number of imidazole rings is 1. The molecule has 2 rings (SSSR count). The lowest BCUT2D eigenvalue weighted by Crippen LogP contribution is -2.58. The fourth-order valence-corrected chi connectivity index (χ4v) is 3.59. The predicted octanol–water partition coefficient (Wildman–Crippen LogP) is -1.14. The second kappa shape index (κ2) is 14.6. The Balaban J connectivity index is 2.05. The van der Waals surface area contributed by atoms with Crippen molar-refractivity contribution >= 4 is 42.3 Å². The molecule has 8 N–H and O–H groups in total. The van der Waals surface area contributed by atoms with Crippen LogP contribution in [0.15, 0.2) is 42.9 Å². The average molecular weight is 535 g/mol. The zero-order valence-corrected chi connectivity index (χ0v) is 20.7. The number of carbonyl (C=O) groups excluding carboxylic acids is 3. The molecular weight excluding hydrogens is 504 g/mol. The first-order valence-electron chi connectivity index (χ1n) is 11.3. The number of H-pyrrole nitrogens is 1. The van der Waals surface area contributed by atoms with E-state index in [0.717, 1.165) is 0 Å². The predicted molar refractivity (Wildman–Crippen MR) is 135 cm³/mol. The van der Waals surface area contributed by atoms with Crippen LogP contribution in [0.4, 0.5) is 0 Å². The van der Waals surface area contributed by atoms with Crippen LogP contribution in [0.3, 0.4) is 0 Å². The molecule has 0 radical (unpaired) electrons. The number of amides is 3. The second-order valence-corrected chi connectivity index (χ2v) is 8.58. The quantitative estimate of drug-likeness (QED) is 0.129. The molecule has 0 saturated heterocycles. The van der Waals surface area contributed by atoms with Crippen molar-refractivity contribution in [1.29, 1.82) is 0 Å². The van der Waals surface area contributed by atoms with E-state index in [2.05, 4.69) is 38.5 Å². The summed E-state index contributed by atoms with van der Waals surface area (Å²) in [6.07, 6.45) is 2.31. The van der Waals surface area contributed by atoms with Gasteiger partial charge in [0.15, 0.2) is 0 Å². The highest BCUT2D eigenvalue weighted by Crippen LogP contribution is 2.06. The summed E-state index contributed by atoms with van der Waals surface area (Å²) in [4.78, 5) is 67.6. The maximum Gasteiger partial charge on any atom is 0.326 e. The summed E-state index contributed by atoms with van der Waals surface area (Å²) in [5.74, 6) is -4.99. The molecule has 3 amide bonds. The normalized spacial score (nSPS) is 14.0. The lowest BCUT2D eigenvalue weighted by molar-refractivity contribution is -0.142. The smallest absolute Gasteiger partial charge is 0.326 e. The Kier molecular flexibility index (Phi) is 11.6. The van der Waals surface area contributed by atoms with E-state index in [1.165, 1.54) is 12.5 Å². The van der Waals surface area contributed by atoms with Crippen molar-refractivity contribution in [3.8, 4) is 0 Å². The zero-order valence-electron chi connectivity index (χ0n) is 19.8. The minimum Gasteiger partial charge on any atom is -0.481 e. The van der Waals surface area contributed by atoms with Crippen LogP contribution in [0.5, 0.6) is 0 Å². The molecule has 1 heterocycles. The van der Waals surface area contributed by atoms with Gasteiger partial charge in [-0.25, -0.2) is 9.78 Å². The van der Waals surface area contributed by atoms with Crippen molar-refractivity contribution in [2.24, 2.45) is 5.73 Å². The van der Waals surface area contributed by atoms with E-state index in [0.29, 0.717) is 11.3 Å². The number of aromatic nitrogens is 2. The highest BCUT2D eigenvalue weighted by atomic mass is 32.1. The Morgan fingerprint density at radius 2 is 1.54 bits per heavy atom. The molecule has 2 aromatic rings. The van der Waals surface area contributed by atoms with E-state index in [9.17, 15) is 29.1 Å². The number of benzene rings is 1. The molecule has 0 bridgehead atoms. The van der Waals surface area contributed by atoms with Gasteiger partial charge in [0.2, 0.25) is 17.7 Å². The van der Waals surface area contributed by atoms with Crippen LogP contribution in [0.2, 0.25) is 0 Å². The molecule has 200 valence electrons. The lowest BCUT2D eigenvalue weighted by Gasteiger charge is -2.24. The van der Waals surface area contributed by atoms with Crippen molar-refractivity contribution in [2.75, 3.05) is 5.75 Å². The molecule has 0 spiro atoms. The molecule has 0 saturated carbocycles. The number of aliphatic carboxylic acids is 2. The van der Waals surface area contributed by atoms with Gasteiger partial charge in [-0.1, -0.05) is 30.3 Å². The fraction of sp³-hybridized carbons (Fsp3) is 0.391. The minimum absolute atomic E-state index is 0.0145.